The Kier molecular flexibility index (Phi) is 4.17. The van der Waals surface area contributed by atoms with Gasteiger partial charge >= 0.3 is 0 Å². The van der Waals surface area contributed by atoms with Crippen molar-refractivity contribution in [2.75, 3.05) is 18.0 Å². The summed E-state index contributed by atoms with van der Waals surface area (Å²) in [5, 5.41) is 0. The molecule has 0 radical (unpaired) electrons. The highest BCUT2D eigenvalue weighted by Crippen LogP contribution is 2.27. The third kappa shape index (κ3) is 2.99. The van der Waals surface area contributed by atoms with E-state index >= 15 is 0 Å². The normalized spacial score (nSPS) is 17.9. The molecule has 2 N–H and O–H groups in total. The first-order chi connectivity index (χ1) is 8.58. The average Bonchev–Trinajstić information content (AvgIpc) is 2.28. The Bertz CT molecular complexity index is 389. The summed E-state index contributed by atoms with van der Waals surface area (Å²) in [5.74, 6) is -0.930. The van der Waals surface area contributed by atoms with Crippen molar-refractivity contribution in [2.45, 2.75) is 38.6 Å². The van der Waals surface area contributed by atoms with Gasteiger partial charge in [0.2, 0.25) is 0 Å². The molecule has 0 aromatic heterocycles. The SMILES string of the molecule is CC(N)Cc1cc(F)c(N2CCCCC2)c(F)c1. The molecule has 100 valence electrons. The first-order valence-electron chi connectivity index (χ1n) is 6.56. The van der Waals surface area contributed by atoms with Crippen molar-refractivity contribution in [3.63, 3.8) is 0 Å². The second-order valence-electron chi connectivity index (χ2n) is 5.14. The summed E-state index contributed by atoms with van der Waals surface area (Å²) < 4.78 is 28.0. The Hall–Kier alpha value is -1.16. The molecule has 2 nitrogen and oxygen atoms in total. The van der Waals surface area contributed by atoms with E-state index in [1.165, 1.54) is 12.1 Å². The van der Waals surface area contributed by atoms with E-state index in [4.69, 9.17) is 5.73 Å². The second-order valence-corrected chi connectivity index (χ2v) is 5.14. The van der Waals surface area contributed by atoms with Crippen molar-refractivity contribution < 1.29 is 8.78 Å². The maximum Gasteiger partial charge on any atom is 0.149 e. The Morgan fingerprint density at radius 3 is 2.22 bits per heavy atom. The maximum atomic E-state index is 14.0. The maximum absolute atomic E-state index is 14.0. The van der Waals surface area contributed by atoms with Crippen LogP contribution in [-0.4, -0.2) is 19.1 Å². The van der Waals surface area contributed by atoms with Gasteiger partial charge in [0.05, 0.1) is 0 Å². The van der Waals surface area contributed by atoms with E-state index < -0.39 is 11.6 Å². The van der Waals surface area contributed by atoms with Crippen LogP contribution in [0.3, 0.4) is 0 Å². The molecule has 1 aliphatic rings. The fraction of sp³-hybridized carbons (Fsp3) is 0.571. The van der Waals surface area contributed by atoms with Crippen molar-refractivity contribution >= 4 is 5.69 Å². The van der Waals surface area contributed by atoms with Gasteiger partial charge in [-0.1, -0.05) is 0 Å². The fourth-order valence-electron chi connectivity index (χ4n) is 2.53. The molecule has 0 saturated carbocycles. The lowest BCUT2D eigenvalue weighted by Crippen LogP contribution is -2.31. The molecule has 0 amide bonds. The summed E-state index contributed by atoms with van der Waals surface area (Å²) in [6.45, 7) is 3.30. The van der Waals surface area contributed by atoms with Gasteiger partial charge in [-0.3, -0.25) is 0 Å². The van der Waals surface area contributed by atoms with Crippen molar-refractivity contribution in [1.82, 2.24) is 0 Å². The molecule has 1 fully saturated rings. The van der Waals surface area contributed by atoms with Gasteiger partial charge in [-0.05, 0) is 50.3 Å². The van der Waals surface area contributed by atoms with Crippen LogP contribution in [0.25, 0.3) is 0 Å². The number of nitrogens with zero attached hydrogens (tertiary/aromatic N) is 1. The summed E-state index contributed by atoms with van der Waals surface area (Å²) in [6.07, 6.45) is 3.64. The molecule has 1 saturated heterocycles. The lowest BCUT2D eigenvalue weighted by atomic mass is 10.0. The van der Waals surface area contributed by atoms with Gasteiger partial charge < -0.3 is 10.6 Å². The van der Waals surface area contributed by atoms with Crippen LogP contribution in [0.2, 0.25) is 0 Å². The van der Waals surface area contributed by atoms with E-state index in [2.05, 4.69) is 0 Å². The van der Waals surface area contributed by atoms with Crippen LogP contribution in [-0.2, 0) is 6.42 Å². The number of anilines is 1. The molecular weight excluding hydrogens is 234 g/mol. The number of rotatable bonds is 3. The fourth-order valence-corrected chi connectivity index (χ4v) is 2.53. The predicted molar refractivity (Wildman–Crippen MR) is 69.8 cm³/mol. The topological polar surface area (TPSA) is 29.3 Å². The van der Waals surface area contributed by atoms with Crippen molar-refractivity contribution in [3.8, 4) is 0 Å². The zero-order chi connectivity index (χ0) is 13.1. The van der Waals surface area contributed by atoms with E-state index in [1.54, 1.807) is 0 Å². The Balaban J connectivity index is 2.25. The molecule has 0 spiro atoms. The van der Waals surface area contributed by atoms with Gasteiger partial charge in [-0.25, -0.2) is 8.78 Å². The monoisotopic (exact) mass is 254 g/mol. The van der Waals surface area contributed by atoms with Crippen LogP contribution < -0.4 is 10.6 Å². The summed E-state index contributed by atoms with van der Waals surface area (Å²) in [7, 11) is 0. The number of hydrogen-bond donors (Lipinski definition) is 1. The molecule has 18 heavy (non-hydrogen) atoms. The Morgan fingerprint density at radius 1 is 1.17 bits per heavy atom. The van der Waals surface area contributed by atoms with Gasteiger partial charge in [0.1, 0.15) is 17.3 Å². The number of halogens is 2. The zero-order valence-corrected chi connectivity index (χ0v) is 10.8. The van der Waals surface area contributed by atoms with Crippen LogP contribution in [0.1, 0.15) is 31.7 Å². The first-order valence-corrected chi connectivity index (χ1v) is 6.56. The first kappa shape index (κ1) is 13.3. The minimum Gasteiger partial charge on any atom is -0.367 e. The van der Waals surface area contributed by atoms with Crippen LogP contribution in [0.15, 0.2) is 12.1 Å². The van der Waals surface area contributed by atoms with E-state index in [-0.39, 0.29) is 11.7 Å². The number of hydrogen-bond acceptors (Lipinski definition) is 2. The lowest BCUT2D eigenvalue weighted by molar-refractivity contribution is 0.528. The summed E-state index contributed by atoms with van der Waals surface area (Å²) in [6, 6.07) is 2.73. The smallest absolute Gasteiger partial charge is 0.149 e. The van der Waals surface area contributed by atoms with Gasteiger partial charge in [0.25, 0.3) is 0 Å². The standard InChI is InChI=1S/C14H20F2N2/c1-10(17)7-11-8-12(15)14(13(16)9-11)18-5-3-2-4-6-18/h8-10H,2-7,17H2,1H3. The third-order valence-corrected chi connectivity index (χ3v) is 3.31. The minimum absolute atomic E-state index is 0.0929. The molecule has 2 rings (SSSR count). The third-order valence-electron chi connectivity index (χ3n) is 3.31. The molecule has 1 atom stereocenters. The summed E-state index contributed by atoms with van der Waals surface area (Å²) in [5.41, 5.74) is 6.40. The molecular formula is C14H20F2N2. The van der Waals surface area contributed by atoms with Crippen molar-refractivity contribution in [2.24, 2.45) is 5.73 Å². The molecule has 1 aromatic carbocycles. The Labute approximate surface area is 107 Å². The predicted octanol–water partition coefficient (Wildman–Crippen LogP) is 2.84. The quantitative estimate of drug-likeness (QED) is 0.898. The molecule has 0 bridgehead atoms. The van der Waals surface area contributed by atoms with Gasteiger partial charge in [0, 0.05) is 19.1 Å². The second kappa shape index (κ2) is 5.65. The van der Waals surface area contributed by atoms with Gasteiger partial charge in [-0.2, -0.15) is 0 Å². The van der Waals surface area contributed by atoms with Gasteiger partial charge in [0.15, 0.2) is 0 Å². The van der Waals surface area contributed by atoms with E-state index in [0.717, 1.165) is 32.4 Å². The van der Waals surface area contributed by atoms with Crippen LogP contribution in [0, 0.1) is 11.6 Å². The minimum atomic E-state index is -0.465. The van der Waals surface area contributed by atoms with E-state index in [0.29, 0.717) is 12.0 Å². The highest BCUT2D eigenvalue weighted by molar-refractivity contribution is 5.51. The van der Waals surface area contributed by atoms with Crippen LogP contribution in [0.4, 0.5) is 14.5 Å². The number of benzene rings is 1. The van der Waals surface area contributed by atoms with Crippen molar-refractivity contribution in [1.29, 1.82) is 0 Å². The molecule has 1 unspecified atom stereocenters. The molecule has 0 aliphatic carbocycles. The zero-order valence-electron chi connectivity index (χ0n) is 10.8. The van der Waals surface area contributed by atoms with Crippen LogP contribution >= 0.6 is 0 Å². The highest BCUT2D eigenvalue weighted by Gasteiger charge is 2.20. The molecule has 1 heterocycles. The average molecular weight is 254 g/mol. The largest absolute Gasteiger partial charge is 0.367 e. The summed E-state index contributed by atoms with van der Waals surface area (Å²) >= 11 is 0. The highest BCUT2D eigenvalue weighted by atomic mass is 19.1. The van der Waals surface area contributed by atoms with Gasteiger partial charge in [-0.15, -0.1) is 0 Å². The summed E-state index contributed by atoms with van der Waals surface area (Å²) in [4.78, 5) is 1.81. The number of nitrogens with two attached hydrogens (primary N) is 1. The lowest BCUT2D eigenvalue weighted by Gasteiger charge is -2.29. The van der Waals surface area contributed by atoms with E-state index in [1.807, 2.05) is 11.8 Å². The molecule has 1 aliphatic heterocycles. The Morgan fingerprint density at radius 2 is 1.72 bits per heavy atom. The molecule has 4 heteroatoms. The van der Waals surface area contributed by atoms with E-state index in [9.17, 15) is 8.78 Å². The molecule has 1 aromatic rings. The van der Waals surface area contributed by atoms with Crippen LogP contribution in [0.5, 0.6) is 0 Å². The van der Waals surface area contributed by atoms with Crippen molar-refractivity contribution in [3.05, 3.63) is 29.3 Å². The number of piperidine rings is 1.